The zero-order valence-electron chi connectivity index (χ0n) is 8.66. The van der Waals surface area contributed by atoms with Gasteiger partial charge in [0.25, 0.3) is 0 Å². The third-order valence-corrected chi connectivity index (χ3v) is 2.85. The van der Waals surface area contributed by atoms with Gasteiger partial charge in [0, 0.05) is 18.6 Å². The highest BCUT2D eigenvalue weighted by Gasteiger charge is 2.16. The van der Waals surface area contributed by atoms with Crippen molar-refractivity contribution in [3.8, 4) is 0 Å². The molecule has 0 bridgehead atoms. The quantitative estimate of drug-likeness (QED) is 0.758. The van der Waals surface area contributed by atoms with Crippen LogP contribution in [0.1, 0.15) is 24.9 Å². The summed E-state index contributed by atoms with van der Waals surface area (Å²) in [6, 6.07) is 11.7. The molecule has 0 aliphatic carbocycles. The Morgan fingerprint density at radius 1 is 1.36 bits per heavy atom. The Balaban J connectivity index is 1.92. The molecule has 2 N–H and O–H groups in total. The van der Waals surface area contributed by atoms with E-state index in [-0.39, 0.29) is 0 Å². The minimum Gasteiger partial charge on any atom is -0.315 e. The average Bonchev–Trinajstić information content (AvgIpc) is 2.72. The van der Waals surface area contributed by atoms with E-state index in [4.69, 9.17) is 0 Å². The lowest BCUT2D eigenvalue weighted by Crippen LogP contribution is -2.33. The minimum absolute atomic E-state index is 0.459. The third kappa shape index (κ3) is 2.34. The summed E-state index contributed by atoms with van der Waals surface area (Å²) < 4.78 is 0. The summed E-state index contributed by atoms with van der Waals surface area (Å²) in [4.78, 5) is 0. The predicted molar refractivity (Wildman–Crippen MR) is 59.3 cm³/mol. The maximum absolute atomic E-state index is 3.63. The van der Waals surface area contributed by atoms with Crippen molar-refractivity contribution in [2.75, 3.05) is 13.1 Å². The average molecular weight is 190 g/mol. The second-order valence-corrected chi connectivity index (χ2v) is 3.99. The van der Waals surface area contributed by atoms with Crippen molar-refractivity contribution in [3.05, 3.63) is 35.9 Å². The van der Waals surface area contributed by atoms with E-state index in [1.54, 1.807) is 0 Å². The first-order valence-corrected chi connectivity index (χ1v) is 5.38. The molecule has 2 rings (SSSR count). The molecule has 0 saturated carbocycles. The Bertz CT molecular complexity index is 265. The summed E-state index contributed by atoms with van der Waals surface area (Å²) in [5.74, 6) is 0. The zero-order valence-corrected chi connectivity index (χ0v) is 8.66. The number of hydrogen-bond donors (Lipinski definition) is 2. The molecule has 1 saturated heterocycles. The van der Waals surface area contributed by atoms with E-state index in [2.05, 4.69) is 47.9 Å². The Kier molecular flexibility index (Phi) is 3.17. The van der Waals surface area contributed by atoms with Crippen molar-refractivity contribution in [2.45, 2.75) is 25.4 Å². The second-order valence-electron chi connectivity index (χ2n) is 3.99. The molecule has 1 heterocycles. The van der Waals surface area contributed by atoms with E-state index in [1.807, 2.05) is 0 Å². The first-order chi connectivity index (χ1) is 6.86. The van der Waals surface area contributed by atoms with Gasteiger partial charge in [-0.3, -0.25) is 0 Å². The highest BCUT2D eigenvalue weighted by molar-refractivity contribution is 5.18. The van der Waals surface area contributed by atoms with E-state index in [0.29, 0.717) is 12.1 Å². The molecule has 0 aromatic heterocycles. The third-order valence-electron chi connectivity index (χ3n) is 2.85. The van der Waals surface area contributed by atoms with Gasteiger partial charge in [0.2, 0.25) is 0 Å². The molecule has 1 aromatic rings. The van der Waals surface area contributed by atoms with Gasteiger partial charge in [-0.2, -0.15) is 0 Å². The van der Waals surface area contributed by atoms with Crippen molar-refractivity contribution in [3.63, 3.8) is 0 Å². The summed E-state index contributed by atoms with van der Waals surface area (Å²) in [5.41, 5.74) is 1.37. The van der Waals surface area contributed by atoms with Gasteiger partial charge in [-0.05, 0) is 25.5 Å². The number of hydrogen-bond acceptors (Lipinski definition) is 2. The van der Waals surface area contributed by atoms with Crippen molar-refractivity contribution < 1.29 is 0 Å². The molecule has 1 unspecified atom stereocenters. The fraction of sp³-hybridized carbons (Fsp3) is 0.500. The molecule has 1 fully saturated rings. The van der Waals surface area contributed by atoms with Gasteiger partial charge < -0.3 is 10.6 Å². The SMILES string of the molecule is C[C@@H](NC1CCNC1)c1ccccc1. The topological polar surface area (TPSA) is 24.1 Å². The van der Waals surface area contributed by atoms with Crippen molar-refractivity contribution >= 4 is 0 Å². The van der Waals surface area contributed by atoms with Crippen LogP contribution in [0.3, 0.4) is 0 Å². The van der Waals surface area contributed by atoms with Gasteiger partial charge in [-0.1, -0.05) is 30.3 Å². The van der Waals surface area contributed by atoms with Crippen LogP contribution in [-0.2, 0) is 0 Å². The molecule has 0 radical (unpaired) electrons. The van der Waals surface area contributed by atoms with Crippen LogP contribution in [-0.4, -0.2) is 19.1 Å². The van der Waals surface area contributed by atoms with E-state index < -0.39 is 0 Å². The Morgan fingerprint density at radius 3 is 2.79 bits per heavy atom. The Hall–Kier alpha value is -0.860. The molecule has 2 nitrogen and oxygen atoms in total. The van der Waals surface area contributed by atoms with Crippen LogP contribution in [0.25, 0.3) is 0 Å². The Labute approximate surface area is 85.7 Å². The van der Waals surface area contributed by atoms with Crippen molar-refractivity contribution in [1.29, 1.82) is 0 Å². The lowest BCUT2D eigenvalue weighted by atomic mass is 10.1. The first-order valence-electron chi connectivity index (χ1n) is 5.38. The predicted octanol–water partition coefficient (Wildman–Crippen LogP) is 1.70. The Morgan fingerprint density at radius 2 is 2.14 bits per heavy atom. The minimum atomic E-state index is 0.459. The normalized spacial score (nSPS) is 23.6. The number of nitrogens with one attached hydrogen (secondary N) is 2. The molecule has 76 valence electrons. The summed E-state index contributed by atoms with van der Waals surface area (Å²) in [6.07, 6.45) is 1.25. The fourth-order valence-electron chi connectivity index (χ4n) is 1.99. The van der Waals surface area contributed by atoms with Crippen LogP contribution in [0, 0.1) is 0 Å². The smallest absolute Gasteiger partial charge is 0.0294 e. The van der Waals surface area contributed by atoms with Crippen LogP contribution < -0.4 is 10.6 Å². The summed E-state index contributed by atoms with van der Waals surface area (Å²) in [7, 11) is 0. The first kappa shape index (κ1) is 9.69. The van der Waals surface area contributed by atoms with Crippen molar-refractivity contribution in [1.82, 2.24) is 10.6 Å². The van der Waals surface area contributed by atoms with Crippen LogP contribution >= 0.6 is 0 Å². The van der Waals surface area contributed by atoms with Crippen LogP contribution in [0.15, 0.2) is 30.3 Å². The summed E-state index contributed by atoms with van der Waals surface area (Å²) >= 11 is 0. The second kappa shape index (κ2) is 4.58. The van der Waals surface area contributed by atoms with E-state index in [1.165, 1.54) is 12.0 Å². The zero-order chi connectivity index (χ0) is 9.80. The molecule has 2 heteroatoms. The van der Waals surface area contributed by atoms with Gasteiger partial charge >= 0.3 is 0 Å². The van der Waals surface area contributed by atoms with Gasteiger partial charge in [-0.25, -0.2) is 0 Å². The van der Waals surface area contributed by atoms with E-state index >= 15 is 0 Å². The summed E-state index contributed by atoms with van der Waals surface area (Å²) in [6.45, 7) is 4.49. The summed E-state index contributed by atoms with van der Waals surface area (Å²) in [5, 5.41) is 7.00. The molecule has 2 atom stereocenters. The van der Waals surface area contributed by atoms with Gasteiger partial charge in [0.05, 0.1) is 0 Å². The van der Waals surface area contributed by atoms with Gasteiger partial charge in [-0.15, -0.1) is 0 Å². The van der Waals surface area contributed by atoms with Crippen LogP contribution in [0.4, 0.5) is 0 Å². The number of benzene rings is 1. The monoisotopic (exact) mass is 190 g/mol. The van der Waals surface area contributed by atoms with Crippen LogP contribution in [0.2, 0.25) is 0 Å². The van der Waals surface area contributed by atoms with E-state index in [9.17, 15) is 0 Å². The largest absolute Gasteiger partial charge is 0.315 e. The molecule has 1 aromatic carbocycles. The highest BCUT2D eigenvalue weighted by atomic mass is 15.0. The molecule has 1 aliphatic heterocycles. The fourth-order valence-corrected chi connectivity index (χ4v) is 1.99. The van der Waals surface area contributed by atoms with E-state index in [0.717, 1.165) is 13.1 Å². The van der Waals surface area contributed by atoms with Crippen LogP contribution in [0.5, 0.6) is 0 Å². The molecule has 1 aliphatic rings. The highest BCUT2D eigenvalue weighted by Crippen LogP contribution is 2.13. The molecule has 0 spiro atoms. The van der Waals surface area contributed by atoms with Gasteiger partial charge in [0.1, 0.15) is 0 Å². The maximum Gasteiger partial charge on any atom is 0.0294 e. The standard InChI is InChI=1S/C12H18N2/c1-10(11-5-3-2-4-6-11)14-12-7-8-13-9-12/h2-6,10,12-14H,7-9H2,1H3/t10-,12?/m1/s1. The lowest BCUT2D eigenvalue weighted by molar-refractivity contribution is 0.478. The maximum atomic E-state index is 3.63. The molecular weight excluding hydrogens is 172 g/mol. The lowest BCUT2D eigenvalue weighted by Gasteiger charge is -2.18. The van der Waals surface area contributed by atoms with Gasteiger partial charge in [0.15, 0.2) is 0 Å². The molecular formula is C12H18N2. The van der Waals surface area contributed by atoms with Crippen molar-refractivity contribution in [2.24, 2.45) is 0 Å². The number of rotatable bonds is 3. The molecule has 0 amide bonds. The molecule has 14 heavy (non-hydrogen) atoms.